The largest absolute Gasteiger partial charge is 0.486 e. The van der Waals surface area contributed by atoms with Gasteiger partial charge in [-0.3, -0.25) is 0 Å². The Kier molecular flexibility index (Phi) is 5.45. The van der Waals surface area contributed by atoms with Crippen molar-refractivity contribution in [2.75, 3.05) is 0 Å². The number of furan rings is 1. The molecule has 0 aliphatic carbocycles. The van der Waals surface area contributed by atoms with Crippen LogP contribution in [0.1, 0.15) is 43.4 Å². The van der Waals surface area contributed by atoms with Crippen LogP contribution in [0.15, 0.2) is 34.7 Å². The summed E-state index contributed by atoms with van der Waals surface area (Å²) in [5.41, 5.74) is 2.52. The van der Waals surface area contributed by atoms with Crippen molar-refractivity contribution in [3.8, 4) is 5.75 Å². The number of benzene rings is 1. The van der Waals surface area contributed by atoms with E-state index in [0.717, 1.165) is 30.2 Å². The average molecular weight is 287 g/mol. The molecule has 1 aromatic heterocycles. The van der Waals surface area contributed by atoms with Crippen molar-refractivity contribution in [3.63, 3.8) is 0 Å². The molecule has 2 aromatic rings. The van der Waals surface area contributed by atoms with Crippen LogP contribution in [-0.4, -0.2) is 6.04 Å². The first-order chi connectivity index (χ1) is 10.1. The lowest BCUT2D eigenvalue weighted by Gasteiger charge is -2.06. The molecule has 2 rings (SSSR count). The van der Waals surface area contributed by atoms with Gasteiger partial charge in [0.1, 0.15) is 23.9 Å². The molecule has 0 saturated carbocycles. The van der Waals surface area contributed by atoms with Gasteiger partial charge in [-0.05, 0) is 37.1 Å². The van der Waals surface area contributed by atoms with E-state index in [1.54, 1.807) is 0 Å². The fraction of sp³-hybridized carbons (Fsp3) is 0.444. The van der Waals surface area contributed by atoms with Gasteiger partial charge in [-0.2, -0.15) is 0 Å². The fourth-order valence-corrected chi connectivity index (χ4v) is 2.12. The molecule has 0 fully saturated rings. The molecule has 0 bridgehead atoms. The lowest BCUT2D eigenvalue weighted by molar-refractivity contribution is 0.267. The molecule has 0 unspecified atom stereocenters. The van der Waals surface area contributed by atoms with E-state index >= 15 is 0 Å². The highest BCUT2D eigenvalue weighted by Gasteiger charge is 2.08. The van der Waals surface area contributed by atoms with E-state index in [4.69, 9.17) is 9.15 Å². The lowest BCUT2D eigenvalue weighted by Crippen LogP contribution is -2.21. The molecule has 0 radical (unpaired) electrons. The van der Waals surface area contributed by atoms with E-state index in [1.807, 2.05) is 19.1 Å². The number of hydrogen-bond donors (Lipinski definition) is 1. The van der Waals surface area contributed by atoms with Gasteiger partial charge >= 0.3 is 0 Å². The van der Waals surface area contributed by atoms with Crippen molar-refractivity contribution >= 4 is 0 Å². The zero-order chi connectivity index (χ0) is 15.2. The average Bonchev–Trinajstić information content (AvgIpc) is 2.84. The summed E-state index contributed by atoms with van der Waals surface area (Å²) < 4.78 is 11.5. The molecule has 3 heteroatoms. The molecule has 1 aromatic carbocycles. The Morgan fingerprint density at radius 2 is 1.90 bits per heavy atom. The molecule has 0 aliphatic heterocycles. The van der Waals surface area contributed by atoms with Crippen LogP contribution in [0.2, 0.25) is 0 Å². The highest BCUT2D eigenvalue weighted by Crippen LogP contribution is 2.18. The van der Waals surface area contributed by atoms with Crippen LogP contribution >= 0.6 is 0 Å². The Balaban J connectivity index is 1.92. The van der Waals surface area contributed by atoms with E-state index in [-0.39, 0.29) is 0 Å². The second-order valence-electron chi connectivity index (χ2n) is 5.62. The van der Waals surface area contributed by atoms with Crippen LogP contribution in [0.4, 0.5) is 0 Å². The maximum atomic E-state index is 5.77. The van der Waals surface area contributed by atoms with Crippen molar-refractivity contribution < 1.29 is 9.15 Å². The summed E-state index contributed by atoms with van der Waals surface area (Å²) in [7, 11) is 0. The Labute approximate surface area is 127 Å². The third kappa shape index (κ3) is 4.64. The van der Waals surface area contributed by atoms with Gasteiger partial charge < -0.3 is 14.5 Å². The predicted octanol–water partition coefficient (Wildman–Crippen LogP) is 4.23. The van der Waals surface area contributed by atoms with Gasteiger partial charge in [0.05, 0.1) is 0 Å². The van der Waals surface area contributed by atoms with E-state index in [9.17, 15) is 0 Å². The minimum atomic E-state index is 0.466. The van der Waals surface area contributed by atoms with E-state index in [0.29, 0.717) is 12.6 Å². The summed E-state index contributed by atoms with van der Waals surface area (Å²) in [6.07, 6.45) is 1.05. The van der Waals surface area contributed by atoms with E-state index < -0.39 is 0 Å². The highest BCUT2D eigenvalue weighted by atomic mass is 16.5. The number of ether oxygens (including phenoxy) is 1. The summed E-state index contributed by atoms with van der Waals surface area (Å²) >= 11 is 0. The van der Waals surface area contributed by atoms with Crippen molar-refractivity contribution in [1.82, 2.24) is 5.32 Å². The van der Waals surface area contributed by atoms with Gasteiger partial charge in [-0.25, -0.2) is 0 Å². The quantitative estimate of drug-likeness (QED) is 0.827. The van der Waals surface area contributed by atoms with Crippen LogP contribution in [0, 0.1) is 6.92 Å². The van der Waals surface area contributed by atoms with Crippen LogP contribution in [-0.2, 0) is 19.6 Å². The summed E-state index contributed by atoms with van der Waals surface area (Å²) in [6, 6.07) is 10.8. The van der Waals surface area contributed by atoms with Gasteiger partial charge in [-0.15, -0.1) is 0 Å². The summed E-state index contributed by atoms with van der Waals surface area (Å²) in [4.78, 5) is 0. The second kappa shape index (κ2) is 7.32. The number of hydrogen-bond acceptors (Lipinski definition) is 3. The van der Waals surface area contributed by atoms with Gasteiger partial charge in [0.25, 0.3) is 0 Å². The molecular formula is C18H25NO2. The topological polar surface area (TPSA) is 34.4 Å². The molecule has 1 heterocycles. The Morgan fingerprint density at radius 1 is 1.19 bits per heavy atom. The van der Waals surface area contributed by atoms with Crippen molar-refractivity contribution in [2.45, 2.75) is 53.3 Å². The van der Waals surface area contributed by atoms with E-state index in [2.05, 4.69) is 44.3 Å². The molecule has 1 N–H and O–H groups in total. The zero-order valence-electron chi connectivity index (χ0n) is 13.4. The van der Waals surface area contributed by atoms with Crippen LogP contribution in [0.25, 0.3) is 0 Å². The molecule has 0 aliphatic rings. The summed E-state index contributed by atoms with van der Waals surface area (Å²) in [6.45, 7) is 9.72. The minimum absolute atomic E-state index is 0.466. The molecule has 0 atom stereocenters. The summed E-state index contributed by atoms with van der Waals surface area (Å²) in [5.74, 6) is 2.71. The number of aryl methyl sites for hydroxylation is 2. The normalized spacial score (nSPS) is 11.1. The molecule has 0 saturated heterocycles. The SMILES string of the molecule is CCc1ccc(OCc2cc(CNC(C)C)c(C)o2)cc1. The first kappa shape index (κ1) is 15.6. The molecule has 3 nitrogen and oxygen atoms in total. The predicted molar refractivity (Wildman–Crippen MR) is 85.6 cm³/mol. The smallest absolute Gasteiger partial charge is 0.146 e. The van der Waals surface area contributed by atoms with Gasteiger partial charge in [0, 0.05) is 18.2 Å². The zero-order valence-corrected chi connectivity index (χ0v) is 13.4. The third-order valence-corrected chi connectivity index (χ3v) is 3.49. The Hall–Kier alpha value is -1.74. The van der Waals surface area contributed by atoms with E-state index in [1.165, 1.54) is 11.1 Å². The van der Waals surface area contributed by atoms with Crippen molar-refractivity contribution in [3.05, 3.63) is 53.0 Å². The van der Waals surface area contributed by atoms with Crippen LogP contribution in [0.3, 0.4) is 0 Å². The minimum Gasteiger partial charge on any atom is -0.486 e. The molecular weight excluding hydrogens is 262 g/mol. The number of rotatable bonds is 7. The first-order valence-corrected chi connectivity index (χ1v) is 7.61. The standard InChI is InChI=1S/C18H25NO2/c1-5-15-6-8-17(9-7-15)20-12-18-10-16(14(4)21-18)11-19-13(2)3/h6-10,13,19H,5,11-12H2,1-4H3. The molecule has 21 heavy (non-hydrogen) atoms. The lowest BCUT2D eigenvalue weighted by atomic mass is 10.2. The highest BCUT2D eigenvalue weighted by molar-refractivity contribution is 5.27. The fourth-order valence-electron chi connectivity index (χ4n) is 2.12. The number of nitrogens with one attached hydrogen (secondary N) is 1. The van der Waals surface area contributed by atoms with Crippen LogP contribution < -0.4 is 10.1 Å². The van der Waals surface area contributed by atoms with Gasteiger partial charge in [0.15, 0.2) is 0 Å². The molecule has 0 amide bonds. The van der Waals surface area contributed by atoms with Gasteiger partial charge in [-0.1, -0.05) is 32.9 Å². The maximum absolute atomic E-state index is 5.77. The molecule has 0 spiro atoms. The van der Waals surface area contributed by atoms with Gasteiger partial charge in [0.2, 0.25) is 0 Å². The third-order valence-electron chi connectivity index (χ3n) is 3.49. The monoisotopic (exact) mass is 287 g/mol. The summed E-state index contributed by atoms with van der Waals surface area (Å²) in [5, 5.41) is 3.40. The Morgan fingerprint density at radius 3 is 2.52 bits per heavy atom. The maximum Gasteiger partial charge on any atom is 0.146 e. The first-order valence-electron chi connectivity index (χ1n) is 7.61. The Bertz CT molecular complexity index is 555. The van der Waals surface area contributed by atoms with Crippen molar-refractivity contribution in [2.24, 2.45) is 0 Å². The molecule has 114 valence electrons. The van der Waals surface area contributed by atoms with Crippen LogP contribution in [0.5, 0.6) is 5.75 Å². The second-order valence-corrected chi connectivity index (χ2v) is 5.62. The van der Waals surface area contributed by atoms with Crippen molar-refractivity contribution in [1.29, 1.82) is 0 Å².